The molecular weight excluding hydrogens is 234 g/mol. The molecule has 0 aliphatic carbocycles. The fourth-order valence-corrected chi connectivity index (χ4v) is 3.88. The number of piperazine rings is 1. The first kappa shape index (κ1) is 15.3. The molecule has 112 valence electrons. The van der Waals surface area contributed by atoms with E-state index in [2.05, 4.69) is 42.4 Å². The maximum Gasteiger partial charge on any atom is 0.0280 e. The molecule has 3 heteroatoms. The molecule has 0 N–H and O–H groups in total. The van der Waals surface area contributed by atoms with E-state index in [0.717, 1.165) is 5.92 Å². The Morgan fingerprint density at radius 3 is 2.11 bits per heavy atom. The monoisotopic (exact) mass is 267 g/mol. The second-order valence-corrected chi connectivity index (χ2v) is 7.00. The summed E-state index contributed by atoms with van der Waals surface area (Å²) in [6.45, 7) is 19.5. The highest BCUT2D eigenvalue weighted by molar-refractivity contribution is 4.90. The quantitative estimate of drug-likeness (QED) is 0.773. The molecule has 0 saturated carbocycles. The number of hydrogen-bond acceptors (Lipinski definition) is 3. The molecule has 0 aromatic heterocycles. The second kappa shape index (κ2) is 6.55. The van der Waals surface area contributed by atoms with Crippen molar-refractivity contribution in [1.82, 2.24) is 14.7 Å². The minimum atomic E-state index is 0.358. The lowest BCUT2D eigenvalue weighted by atomic mass is 9.93. The topological polar surface area (TPSA) is 9.72 Å². The van der Waals surface area contributed by atoms with Crippen LogP contribution in [-0.4, -0.2) is 72.6 Å². The van der Waals surface area contributed by atoms with Crippen LogP contribution >= 0.6 is 0 Å². The lowest BCUT2D eigenvalue weighted by molar-refractivity contribution is 0.0118. The first-order valence-electron chi connectivity index (χ1n) is 8.25. The Morgan fingerprint density at radius 2 is 1.58 bits per heavy atom. The Morgan fingerprint density at radius 1 is 0.895 bits per heavy atom. The van der Waals surface area contributed by atoms with Crippen LogP contribution in [0, 0.1) is 5.92 Å². The Balaban J connectivity index is 1.78. The normalized spacial score (nSPS) is 27.8. The van der Waals surface area contributed by atoms with Crippen molar-refractivity contribution >= 4 is 0 Å². The van der Waals surface area contributed by atoms with Crippen molar-refractivity contribution in [3.8, 4) is 0 Å². The first-order chi connectivity index (χ1) is 9.05. The van der Waals surface area contributed by atoms with E-state index >= 15 is 0 Å². The maximum atomic E-state index is 2.72. The van der Waals surface area contributed by atoms with Crippen LogP contribution in [0.5, 0.6) is 0 Å². The van der Waals surface area contributed by atoms with E-state index in [4.69, 9.17) is 0 Å². The van der Waals surface area contributed by atoms with E-state index in [1.165, 1.54) is 65.2 Å². The Hall–Kier alpha value is -0.120. The molecule has 0 bridgehead atoms. The van der Waals surface area contributed by atoms with Gasteiger partial charge >= 0.3 is 0 Å². The van der Waals surface area contributed by atoms with E-state index in [0.29, 0.717) is 5.54 Å². The van der Waals surface area contributed by atoms with Crippen molar-refractivity contribution in [2.75, 3.05) is 52.4 Å². The number of likely N-dealkylation sites (N-methyl/N-ethyl adjacent to an activating group) is 1. The SMILES string of the molecule is CCN1CCC(CN2CCN(CC)C(C)(C)C2)CC1. The van der Waals surface area contributed by atoms with E-state index in [1.807, 2.05) is 0 Å². The van der Waals surface area contributed by atoms with Crippen molar-refractivity contribution in [1.29, 1.82) is 0 Å². The van der Waals surface area contributed by atoms with Gasteiger partial charge < -0.3 is 4.90 Å². The number of piperidine rings is 1. The third-order valence-electron chi connectivity index (χ3n) is 5.21. The molecule has 3 nitrogen and oxygen atoms in total. The smallest absolute Gasteiger partial charge is 0.0280 e. The van der Waals surface area contributed by atoms with Crippen LogP contribution in [0.15, 0.2) is 0 Å². The average Bonchev–Trinajstić information content (AvgIpc) is 2.39. The summed E-state index contributed by atoms with van der Waals surface area (Å²) in [4.78, 5) is 7.94. The molecule has 2 aliphatic rings. The Labute approximate surface area is 119 Å². The fraction of sp³-hybridized carbons (Fsp3) is 1.00. The highest BCUT2D eigenvalue weighted by Gasteiger charge is 2.33. The average molecular weight is 267 g/mol. The molecule has 2 heterocycles. The molecule has 0 aromatic carbocycles. The molecule has 2 aliphatic heterocycles. The van der Waals surface area contributed by atoms with Crippen molar-refractivity contribution in [2.24, 2.45) is 5.92 Å². The molecule has 0 radical (unpaired) electrons. The third-order valence-corrected chi connectivity index (χ3v) is 5.21. The summed E-state index contributed by atoms with van der Waals surface area (Å²) in [5.41, 5.74) is 0.358. The van der Waals surface area contributed by atoms with E-state index < -0.39 is 0 Å². The zero-order chi connectivity index (χ0) is 13.9. The van der Waals surface area contributed by atoms with E-state index in [9.17, 15) is 0 Å². The number of likely N-dealkylation sites (tertiary alicyclic amines) is 1. The van der Waals surface area contributed by atoms with Gasteiger partial charge in [-0.25, -0.2) is 0 Å². The maximum absolute atomic E-state index is 2.72. The summed E-state index contributed by atoms with van der Waals surface area (Å²) < 4.78 is 0. The lowest BCUT2D eigenvalue weighted by Crippen LogP contribution is -2.59. The summed E-state index contributed by atoms with van der Waals surface area (Å²) in [5, 5.41) is 0. The van der Waals surface area contributed by atoms with Gasteiger partial charge in [-0.3, -0.25) is 9.80 Å². The van der Waals surface area contributed by atoms with Crippen LogP contribution in [0.2, 0.25) is 0 Å². The van der Waals surface area contributed by atoms with Crippen molar-refractivity contribution < 1.29 is 0 Å². The highest BCUT2D eigenvalue weighted by atomic mass is 15.3. The molecule has 19 heavy (non-hydrogen) atoms. The van der Waals surface area contributed by atoms with Gasteiger partial charge in [0, 0.05) is 31.7 Å². The van der Waals surface area contributed by atoms with Crippen molar-refractivity contribution in [2.45, 2.75) is 46.1 Å². The van der Waals surface area contributed by atoms with Gasteiger partial charge in [0.1, 0.15) is 0 Å². The lowest BCUT2D eigenvalue weighted by Gasteiger charge is -2.48. The van der Waals surface area contributed by atoms with Crippen LogP contribution in [0.3, 0.4) is 0 Å². The van der Waals surface area contributed by atoms with Crippen LogP contribution in [0.25, 0.3) is 0 Å². The van der Waals surface area contributed by atoms with Gasteiger partial charge in [0.25, 0.3) is 0 Å². The second-order valence-electron chi connectivity index (χ2n) is 7.00. The van der Waals surface area contributed by atoms with Crippen molar-refractivity contribution in [3.05, 3.63) is 0 Å². The van der Waals surface area contributed by atoms with E-state index in [-0.39, 0.29) is 0 Å². The van der Waals surface area contributed by atoms with Gasteiger partial charge in [0.2, 0.25) is 0 Å². The predicted molar refractivity (Wildman–Crippen MR) is 82.6 cm³/mol. The molecule has 0 unspecified atom stereocenters. The molecule has 0 aromatic rings. The Bertz CT molecular complexity index is 269. The molecule has 2 saturated heterocycles. The molecule has 0 amide bonds. The number of nitrogens with zero attached hydrogens (tertiary/aromatic N) is 3. The van der Waals surface area contributed by atoms with Gasteiger partial charge in [0.15, 0.2) is 0 Å². The van der Waals surface area contributed by atoms with Crippen molar-refractivity contribution in [3.63, 3.8) is 0 Å². The molecule has 0 atom stereocenters. The number of rotatable bonds is 4. The summed E-state index contributed by atoms with van der Waals surface area (Å²) >= 11 is 0. The minimum absolute atomic E-state index is 0.358. The van der Waals surface area contributed by atoms with Gasteiger partial charge in [-0.05, 0) is 58.8 Å². The minimum Gasteiger partial charge on any atom is -0.304 e. The van der Waals surface area contributed by atoms with Gasteiger partial charge in [-0.2, -0.15) is 0 Å². The van der Waals surface area contributed by atoms with Crippen LogP contribution in [-0.2, 0) is 0 Å². The predicted octanol–water partition coefficient (Wildman–Crippen LogP) is 2.13. The zero-order valence-corrected chi connectivity index (χ0v) is 13.5. The zero-order valence-electron chi connectivity index (χ0n) is 13.5. The number of hydrogen-bond donors (Lipinski definition) is 0. The first-order valence-corrected chi connectivity index (χ1v) is 8.25. The summed E-state index contributed by atoms with van der Waals surface area (Å²) in [6, 6.07) is 0. The van der Waals surface area contributed by atoms with Crippen LogP contribution in [0.1, 0.15) is 40.5 Å². The van der Waals surface area contributed by atoms with Gasteiger partial charge in [-0.1, -0.05) is 13.8 Å². The van der Waals surface area contributed by atoms with Crippen LogP contribution < -0.4 is 0 Å². The summed E-state index contributed by atoms with van der Waals surface area (Å²) in [5.74, 6) is 0.937. The highest BCUT2D eigenvalue weighted by Crippen LogP contribution is 2.24. The molecule has 2 fully saturated rings. The third kappa shape index (κ3) is 3.93. The Kier molecular flexibility index (Phi) is 5.27. The standard InChI is InChI=1S/C16H33N3/c1-5-17-9-7-15(8-10-17)13-18-11-12-19(6-2)16(3,4)14-18/h15H,5-14H2,1-4H3. The summed E-state index contributed by atoms with van der Waals surface area (Å²) in [6.07, 6.45) is 2.81. The summed E-state index contributed by atoms with van der Waals surface area (Å²) in [7, 11) is 0. The van der Waals surface area contributed by atoms with Crippen LogP contribution in [0.4, 0.5) is 0 Å². The van der Waals surface area contributed by atoms with Gasteiger partial charge in [0.05, 0.1) is 0 Å². The molecule has 2 rings (SSSR count). The fourth-order valence-electron chi connectivity index (χ4n) is 3.88. The van der Waals surface area contributed by atoms with Gasteiger partial charge in [-0.15, -0.1) is 0 Å². The van der Waals surface area contributed by atoms with E-state index in [1.54, 1.807) is 0 Å². The molecular formula is C16H33N3. The largest absolute Gasteiger partial charge is 0.304 e. The molecule has 0 spiro atoms.